The molecule has 1 aromatic carbocycles. The van der Waals surface area contributed by atoms with Crippen molar-refractivity contribution in [3.05, 3.63) is 29.8 Å². The quantitative estimate of drug-likeness (QED) is 0.590. The highest BCUT2D eigenvalue weighted by atomic mass is 32.2. The number of hydrogen-bond acceptors (Lipinski definition) is 6. The maximum Gasteiger partial charge on any atom is 0.338 e. The van der Waals surface area contributed by atoms with Gasteiger partial charge in [-0.15, -0.1) is 0 Å². The zero-order chi connectivity index (χ0) is 23.9. The molecule has 6 rings (SSSR count). The molecule has 8 nitrogen and oxygen atoms in total. The molecule has 4 bridgehead atoms. The zero-order valence-electron chi connectivity index (χ0n) is 19.7. The van der Waals surface area contributed by atoms with Gasteiger partial charge in [-0.3, -0.25) is 4.79 Å². The van der Waals surface area contributed by atoms with E-state index in [-0.39, 0.29) is 34.4 Å². The van der Waals surface area contributed by atoms with Crippen LogP contribution in [0, 0.1) is 23.2 Å². The third-order valence-corrected chi connectivity index (χ3v) is 10.3. The van der Waals surface area contributed by atoms with Crippen LogP contribution in [0.1, 0.15) is 55.8 Å². The summed E-state index contributed by atoms with van der Waals surface area (Å²) in [5, 5.41) is 3.10. The van der Waals surface area contributed by atoms with Gasteiger partial charge < -0.3 is 14.8 Å². The van der Waals surface area contributed by atoms with Gasteiger partial charge in [-0.1, -0.05) is 0 Å². The first-order chi connectivity index (χ1) is 16.2. The van der Waals surface area contributed by atoms with Gasteiger partial charge in [0.2, 0.25) is 10.0 Å². The number of nitrogens with zero attached hydrogens (tertiary/aromatic N) is 1. The van der Waals surface area contributed by atoms with E-state index in [1.807, 2.05) is 0 Å². The number of rotatable bonds is 7. The SMILES string of the molecule is CC(NC(=O)COC(=O)c1ccc(S(=O)(=O)N2CCOCC2)cc1)C12CC3CC(CC(C3)C1)C2. The van der Waals surface area contributed by atoms with Gasteiger partial charge in [0, 0.05) is 19.1 Å². The average molecular weight is 491 g/mol. The minimum atomic E-state index is -3.63. The molecule has 4 aliphatic carbocycles. The predicted molar refractivity (Wildman–Crippen MR) is 125 cm³/mol. The molecule has 4 saturated carbocycles. The van der Waals surface area contributed by atoms with Crippen LogP contribution in [0.5, 0.6) is 0 Å². The lowest BCUT2D eigenvalue weighted by Crippen LogP contribution is -2.56. The summed E-state index contributed by atoms with van der Waals surface area (Å²) >= 11 is 0. The lowest BCUT2D eigenvalue weighted by molar-refractivity contribution is -0.128. The van der Waals surface area contributed by atoms with Crippen LogP contribution in [0.25, 0.3) is 0 Å². The molecule has 9 heteroatoms. The molecule has 5 aliphatic rings. The lowest BCUT2D eigenvalue weighted by Gasteiger charge is -2.59. The Balaban J connectivity index is 1.13. The van der Waals surface area contributed by atoms with Crippen LogP contribution in [0.15, 0.2) is 29.2 Å². The standard InChI is InChI=1S/C25H34N2O6S/c1-17(25-13-18-10-19(14-25)12-20(11-18)15-25)26-23(28)16-33-24(29)21-2-4-22(5-3-21)34(30,31)27-6-8-32-9-7-27/h2-5,17-20H,6-16H2,1H3,(H,26,28). The Hall–Kier alpha value is -1.97. The maximum absolute atomic E-state index is 12.7. The van der Waals surface area contributed by atoms with Crippen molar-refractivity contribution >= 4 is 21.9 Å². The fourth-order valence-electron chi connectivity index (χ4n) is 7.06. The summed E-state index contributed by atoms with van der Waals surface area (Å²) in [4.78, 5) is 25.1. The summed E-state index contributed by atoms with van der Waals surface area (Å²) in [6.45, 7) is 3.11. The molecule has 0 spiro atoms. The van der Waals surface area contributed by atoms with Crippen molar-refractivity contribution < 1.29 is 27.5 Å². The van der Waals surface area contributed by atoms with Crippen LogP contribution < -0.4 is 5.32 Å². The van der Waals surface area contributed by atoms with Crippen LogP contribution in [-0.4, -0.2) is 63.6 Å². The molecule has 1 heterocycles. The first kappa shape index (κ1) is 23.8. The van der Waals surface area contributed by atoms with Gasteiger partial charge in [0.15, 0.2) is 6.61 Å². The monoisotopic (exact) mass is 490 g/mol. The number of ether oxygens (including phenoxy) is 2. The number of benzene rings is 1. The van der Waals surface area contributed by atoms with Gasteiger partial charge in [0.1, 0.15) is 0 Å². The van der Waals surface area contributed by atoms with Gasteiger partial charge in [0.05, 0.1) is 23.7 Å². The number of sulfonamides is 1. The average Bonchev–Trinajstić information content (AvgIpc) is 2.82. The van der Waals surface area contributed by atoms with Crippen molar-refractivity contribution in [2.75, 3.05) is 32.9 Å². The Labute approximate surface area is 201 Å². The summed E-state index contributed by atoms with van der Waals surface area (Å²) in [6.07, 6.45) is 7.64. The highest BCUT2D eigenvalue weighted by Gasteiger charge is 2.53. The Morgan fingerprint density at radius 2 is 1.62 bits per heavy atom. The van der Waals surface area contributed by atoms with Crippen LogP contribution in [-0.2, 0) is 24.3 Å². The molecule has 0 radical (unpaired) electrons. The largest absolute Gasteiger partial charge is 0.452 e. The van der Waals surface area contributed by atoms with E-state index in [2.05, 4.69) is 12.2 Å². The van der Waals surface area contributed by atoms with Crippen molar-refractivity contribution in [2.24, 2.45) is 23.2 Å². The zero-order valence-corrected chi connectivity index (χ0v) is 20.5. The predicted octanol–water partition coefficient (Wildman–Crippen LogP) is 2.59. The van der Waals surface area contributed by atoms with Crippen molar-refractivity contribution in [3.8, 4) is 0 Å². The van der Waals surface area contributed by atoms with Gasteiger partial charge >= 0.3 is 5.97 Å². The molecule has 1 aromatic rings. The topological polar surface area (TPSA) is 102 Å². The normalized spacial score (nSPS) is 31.7. The van der Waals surface area contributed by atoms with Crippen LogP contribution in [0.3, 0.4) is 0 Å². The van der Waals surface area contributed by atoms with Gasteiger partial charge in [-0.2, -0.15) is 4.31 Å². The Morgan fingerprint density at radius 3 is 2.18 bits per heavy atom. The van der Waals surface area contributed by atoms with E-state index >= 15 is 0 Å². The van der Waals surface area contributed by atoms with Gasteiger partial charge in [0.25, 0.3) is 5.91 Å². The number of esters is 1. The lowest BCUT2D eigenvalue weighted by atomic mass is 9.48. The molecule has 34 heavy (non-hydrogen) atoms. The molecule has 1 atom stereocenters. The third kappa shape index (κ3) is 4.62. The molecule has 1 unspecified atom stereocenters. The van der Waals surface area contributed by atoms with Crippen molar-refractivity contribution in [2.45, 2.75) is 56.4 Å². The fraction of sp³-hybridized carbons (Fsp3) is 0.680. The number of amides is 1. The second kappa shape index (κ2) is 9.24. The molecule has 5 fully saturated rings. The van der Waals surface area contributed by atoms with Crippen molar-refractivity contribution in [1.82, 2.24) is 9.62 Å². The molecule has 0 aromatic heterocycles. The molecular weight excluding hydrogens is 456 g/mol. The van der Waals surface area contributed by atoms with E-state index in [1.54, 1.807) is 0 Å². The van der Waals surface area contributed by atoms with Crippen LogP contribution in [0.4, 0.5) is 0 Å². The number of carbonyl (C=O) groups is 2. The van der Waals surface area contributed by atoms with E-state index in [0.29, 0.717) is 26.3 Å². The summed E-state index contributed by atoms with van der Waals surface area (Å²) in [6, 6.07) is 5.71. The van der Waals surface area contributed by atoms with Gasteiger partial charge in [-0.05, 0) is 92.9 Å². The minimum Gasteiger partial charge on any atom is -0.452 e. The first-order valence-corrected chi connectivity index (χ1v) is 13.8. The Kier molecular flexibility index (Phi) is 6.46. The highest BCUT2D eigenvalue weighted by molar-refractivity contribution is 7.89. The van der Waals surface area contributed by atoms with Crippen molar-refractivity contribution in [3.63, 3.8) is 0 Å². The number of nitrogens with one attached hydrogen (secondary N) is 1. The smallest absolute Gasteiger partial charge is 0.338 e. The Bertz CT molecular complexity index is 997. The molecule has 1 aliphatic heterocycles. The van der Waals surface area contributed by atoms with Crippen molar-refractivity contribution in [1.29, 1.82) is 0 Å². The second-order valence-electron chi connectivity index (χ2n) is 10.7. The van der Waals surface area contributed by atoms with Crippen LogP contribution >= 0.6 is 0 Å². The molecule has 1 N–H and O–H groups in total. The van der Waals surface area contributed by atoms with E-state index < -0.39 is 16.0 Å². The molecular formula is C25H34N2O6S. The summed E-state index contributed by atoms with van der Waals surface area (Å²) in [5.41, 5.74) is 0.402. The second-order valence-corrected chi connectivity index (χ2v) is 12.6. The minimum absolute atomic E-state index is 0.0665. The first-order valence-electron chi connectivity index (χ1n) is 12.4. The van der Waals surface area contributed by atoms with E-state index in [9.17, 15) is 18.0 Å². The number of morpholine rings is 1. The fourth-order valence-corrected chi connectivity index (χ4v) is 8.47. The van der Waals surface area contributed by atoms with E-state index in [1.165, 1.54) is 67.1 Å². The van der Waals surface area contributed by atoms with E-state index in [0.717, 1.165) is 17.8 Å². The highest BCUT2D eigenvalue weighted by Crippen LogP contribution is 2.61. The number of carbonyl (C=O) groups excluding carboxylic acids is 2. The number of hydrogen-bond donors (Lipinski definition) is 1. The summed E-state index contributed by atoms with van der Waals surface area (Å²) in [5.74, 6) is 1.48. The van der Waals surface area contributed by atoms with Gasteiger partial charge in [-0.25, -0.2) is 13.2 Å². The summed E-state index contributed by atoms with van der Waals surface area (Å²) < 4.78 is 37.2. The molecule has 1 saturated heterocycles. The maximum atomic E-state index is 12.7. The Morgan fingerprint density at radius 1 is 1.06 bits per heavy atom. The summed E-state index contributed by atoms with van der Waals surface area (Å²) in [7, 11) is -3.63. The molecule has 186 valence electrons. The van der Waals surface area contributed by atoms with Crippen LogP contribution in [0.2, 0.25) is 0 Å². The third-order valence-electron chi connectivity index (χ3n) is 8.41. The molecule has 1 amide bonds. The van der Waals surface area contributed by atoms with E-state index in [4.69, 9.17) is 9.47 Å².